The van der Waals surface area contributed by atoms with E-state index < -0.39 is 0 Å². The quantitative estimate of drug-likeness (QED) is 0.609. The fourth-order valence-electron chi connectivity index (χ4n) is 3.03. The Labute approximate surface area is 99.9 Å². The molecular formula is C15H23N. The van der Waals surface area contributed by atoms with Gasteiger partial charge in [-0.05, 0) is 31.1 Å². The number of allylic oxidation sites excluding steroid dienone is 1. The molecule has 1 spiro atoms. The second-order valence-corrected chi connectivity index (χ2v) is 6.65. The van der Waals surface area contributed by atoms with E-state index in [-0.39, 0.29) is 0 Å². The van der Waals surface area contributed by atoms with Gasteiger partial charge in [0.25, 0.3) is 0 Å². The van der Waals surface area contributed by atoms with Crippen LogP contribution >= 0.6 is 0 Å². The molecule has 0 unspecified atom stereocenters. The van der Waals surface area contributed by atoms with E-state index in [4.69, 9.17) is 0 Å². The molecule has 0 N–H and O–H groups in total. The Hall–Kier alpha value is -0.900. The first-order valence-electron chi connectivity index (χ1n) is 6.23. The fraction of sp³-hybridized carbons (Fsp3) is 0.733. The molecule has 2 aliphatic rings. The van der Waals surface area contributed by atoms with Crippen LogP contribution in [0.2, 0.25) is 0 Å². The molecule has 1 nitrogen and oxygen atoms in total. The normalized spacial score (nSPS) is 23.1. The molecule has 1 heterocycles. The summed E-state index contributed by atoms with van der Waals surface area (Å²) in [4.78, 5) is 2.33. The van der Waals surface area contributed by atoms with E-state index in [9.17, 15) is 0 Å². The molecule has 1 saturated carbocycles. The maximum absolute atomic E-state index is 4.01. The van der Waals surface area contributed by atoms with Crippen molar-refractivity contribution in [2.75, 3.05) is 13.1 Å². The van der Waals surface area contributed by atoms with Crippen molar-refractivity contribution in [2.24, 2.45) is 16.7 Å². The summed E-state index contributed by atoms with van der Waals surface area (Å²) in [5, 5.41) is 0. The van der Waals surface area contributed by atoms with Crippen molar-refractivity contribution >= 4 is 0 Å². The van der Waals surface area contributed by atoms with Gasteiger partial charge < -0.3 is 4.90 Å². The molecule has 1 saturated heterocycles. The van der Waals surface area contributed by atoms with E-state index in [1.54, 1.807) is 0 Å². The van der Waals surface area contributed by atoms with Gasteiger partial charge in [0.2, 0.25) is 0 Å². The number of rotatable bonds is 1. The van der Waals surface area contributed by atoms with Crippen LogP contribution in [0.5, 0.6) is 0 Å². The molecule has 0 aromatic rings. The van der Waals surface area contributed by atoms with Crippen molar-refractivity contribution in [1.29, 1.82) is 0 Å². The van der Waals surface area contributed by atoms with Gasteiger partial charge in [-0.25, -0.2) is 0 Å². The molecule has 1 heteroatoms. The zero-order valence-corrected chi connectivity index (χ0v) is 11.1. The summed E-state index contributed by atoms with van der Waals surface area (Å²) in [5.41, 5.74) is 2.12. The van der Waals surface area contributed by atoms with Crippen LogP contribution in [0.1, 0.15) is 40.5 Å². The maximum Gasteiger partial charge on any atom is 0.0806 e. The molecule has 0 amide bonds. The first kappa shape index (κ1) is 11.6. The van der Waals surface area contributed by atoms with Crippen molar-refractivity contribution in [1.82, 2.24) is 4.90 Å². The number of nitrogens with zero attached hydrogens (tertiary/aromatic N) is 1. The zero-order valence-electron chi connectivity index (χ0n) is 11.1. The van der Waals surface area contributed by atoms with E-state index in [0.717, 1.165) is 11.6 Å². The predicted molar refractivity (Wildman–Crippen MR) is 68.8 cm³/mol. The highest BCUT2D eigenvalue weighted by molar-refractivity contribution is 5.27. The Bertz CT molecular complexity index is 347. The fourth-order valence-corrected chi connectivity index (χ4v) is 3.03. The molecular weight excluding hydrogens is 194 g/mol. The van der Waals surface area contributed by atoms with Crippen LogP contribution in [0.25, 0.3) is 0 Å². The third kappa shape index (κ3) is 1.86. The Balaban J connectivity index is 1.82. The van der Waals surface area contributed by atoms with E-state index in [1.807, 2.05) is 6.92 Å². The van der Waals surface area contributed by atoms with Crippen molar-refractivity contribution in [3.63, 3.8) is 0 Å². The van der Waals surface area contributed by atoms with Crippen LogP contribution in [0.3, 0.4) is 0 Å². The number of likely N-dealkylation sites (tertiary alicyclic amines) is 1. The smallest absolute Gasteiger partial charge is 0.0806 e. The zero-order chi connectivity index (χ0) is 12.0. The summed E-state index contributed by atoms with van der Waals surface area (Å²) in [7, 11) is 0. The minimum atomic E-state index is 0.492. The molecule has 0 atom stereocenters. The van der Waals surface area contributed by atoms with Crippen LogP contribution < -0.4 is 0 Å². The summed E-state index contributed by atoms with van der Waals surface area (Å²) >= 11 is 0. The van der Waals surface area contributed by atoms with Crippen LogP contribution in [0, 0.1) is 28.6 Å². The lowest BCUT2D eigenvalue weighted by Gasteiger charge is -2.62. The van der Waals surface area contributed by atoms with Crippen LogP contribution in [0.4, 0.5) is 0 Å². The highest BCUT2D eigenvalue weighted by Crippen LogP contribution is 2.57. The summed E-state index contributed by atoms with van der Waals surface area (Å²) < 4.78 is 0. The van der Waals surface area contributed by atoms with Crippen molar-refractivity contribution < 1.29 is 0 Å². The SMILES string of the molecule is C=C(C#CC)N1CC2(CC(C(C)(C)C)C2)C1. The summed E-state index contributed by atoms with van der Waals surface area (Å²) in [6.45, 7) is 15.4. The molecule has 0 aromatic heterocycles. The number of hydrogen-bond acceptors (Lipinski definition) is 1. The lowest BCUT2D eigenvalue weighted by atomic mass is 9.51. The van der Waals surface area contributed by atoms with Gasteiger partial charge >= 0.3 is 0 Å². The van der Waals surface area contributed by atoms with Crippen molar-refractivity contribution in [3.8, 4) is 11.8 Å². The Morgan fingerprint density at radius 2 is 1.88 bits per heavy atom. The maximum atomic E-state index is 4.01. The van der Waals surface area contributed by atoms with E-state index >= 15 is 0 Å². The molecule has 16 heavy (non-hydrogen) atoms. The van der Waals surface area contributed by atoms with Gasteiger partial charge in [0.1, 0.15) is 0 Å². The molecule has 1 aliphatic carbocycles. The molecule has 0 radical (unpaired) electrons. The van der Waals surface area contributed by atoms with Gasteiger partial charge in [-0.2, -0.15) is 0 Å². The first-order chi connectivity index (χ1) is 7.36. The second-order valence-electron chi connectivity index (χ2n) is 6.65. The topological polar surface area (TPSA) is 3.24 Å². The average molecular weight is 217 g/mol. The summed E-state index contributed by atoms with van der Waals surface area (Å²) in [6.07, 6.45) is 2.81. The van der Waals surface area contributed by atoms with Crippen molar-refractivity contribution in [3.05, 3.63) is 12.3 Å². The Morgan fingerprint density at radius 1 is 1.31 bits per heavy atom. The van der Waals surface area contributed by atoms with Gasteiger partial charge in [0, 0.05) is 18.5 Å². The average Bonchev–Trinajstić information content (AvgIpc) is 1.96. The Morgan fingerprint density at radius 3 is 2.31 bits per heavy atom. The van der Waals surface area contributed by atoms with Gasteiger partial charge in [-0.1, -0.05) is 39.2 Å². The van der Waals surface area contributed by atoms with Crippen LogP contribution in [0.15, 0.2) is 12.3 Å². The molecule has 88 valence electrons. The van der Waals surface area contributed by atoms with E-state index in [1.165, 1.54) is 25.9 Å². The van der Waals surface area contributed by atoms with E-state index in [0.29, 0.717) is 10.8 Å². The van der Waals surface area contributed by atoms with Gasteiger partial charge in [-0.15, -0.1) is 0 Å². The lowest BCUT2D eigenvalue weighted by Crippen LogP contribution is -2.62. The first-order valence-corrected chi connectivity index (χ1v) is 6.23. The molecule has 2 rings (SSSR count). The minimum absolute atomic E-state index is 0.492. The van der Waals surface area contributed by atoms with Crippen molar-refractivity contribution in [2.45, 2.75) is 40.5 Å². The van der Waals surface area contributed by atoms with Gasteiger partial charge in [-0.3, -0.25) is 0 Å². The largest absolute Gasteiger partial charge is 0.364 e. The summed E-state index contributed by atoms with van der Waals surface area (Å²) in [6, 6.07) is 0. The highest BCUT2D eigenvalue weighted by atomic mass is 15.2. The van der Waals surface area contributed by atoms with Gasteiger partial charge in [0.05, 0.1) is 5.70 Å². The lowest BCUT2D eigenvalue weighted by molar-refractivity contribution is -0.107. The Kier molecular flexibility index (Phi) is 2.57. The third-order valence-corrected chi connectivity index (χ3v) is 4.29. The third-order valence-electron chi connectivity index (χ3n) is 4.29. The van der Waals surface area contributed by atoms with Gasteiger partial charge in [0.15, 0.2) is 0 Å². The standard InChI is InChI=1S/C15H23N/c1-6-7-12(2)16-10-15(11-16)8-13(9-15)14(3,4)5/h13H,2,8-11H2,1,3-5H3. The molecule has 0 aromatic carbocycles. The van der Waals surface area contributed by atoms with Crippen LogP contribution in [-0.4, -0.2) is 18.0 Å². The summed E-state index contributed by atoms with van der Waals surface area (Å²) in [5.74, 6) is 6.89. The predicted octanol–water partition coefficient (Wildman–Crippen LogP) is 3.28. The van der Waals surface area contributed by atoms with E-state index in [2.05, 4.69) is 44.1 Å². The monoisotopic (exact) mass is 217 g/mol. The molecule has 1 aliphatic heterocycles. The van der Waals surface area contributed by atoms with Crippen LogP contribution in [-0.2, 0) is 0 Å². The minimum Gasteiger partial charge on any atom is -0.364 e. The highest BCUT2D eigenvalue weighted by Gasteiger charge is 2.54. The number of hydrogen-bond donors (Lipinski definition) is 0. The molecule has 0 bridgehead atoms. The second kappa shape index (κ2) is 3.55. The molecule has 2 fully saturated rings.